The maximum absolute atomic E-state index is 11.1. The molecule has 1 fully saturated rings. The van der Waals surface area contributed by atoms with Crippen molar-refractivity contribution >= 4 is 5.97 Å². The molecule has 0 bridgehead atoms. The van der Waals surface area contributed by atoms with Gasteiger partial charge in [0.05, 0.1) is 7.11 Å². The molecule has 0 aromatic heterocycles. The van der Waals surface area contributed by atoms with Gasteiger partial charge in [0.1, 0.15) is 6.04 Å². The molecule has 14 heavy (non-hydrogen) atoms. The molecule has 1 unspecified atom stereocenters. The van der Waals surface area contributed by atoms with Gasteiger partial charge in [0.2, 0.25) is 0 Å². The minimum atomic E-state index is -0.206. The third-order valence-corrected chi connectivity index (χ3v) is 2.61. The molecular formula is C10H19NO3. The van der Waals surface area contributed by atoms with E-state index in [4.69, 9.17) is 4.74 Å². The normalized spacial score (nSPS) is 20.4. The number of hydrogen-bond acceptors (Lipinski definition) is 4. The first kappa shape index (κ1) is 11.5. The van der Waals surface area contributed by atoms with E-state index in [1.807, 2.05) is 6.92 Å². The summed E-state index contributed by atoms with van der Waals surface area (Å²) in [6.45, 7) is 4.39. The zero-order chi connectivity index (χ0) is 10.4. The van der Waals surface area contributed by atoms with Crippen LogP contribution in [-0.2, 0) is 14.3 Å². The van der Waals surface area contributed by atoms with Gasteiger partial charge in [-0.2, -0.15) is 0 Å². The molecule has 1 atom stereocenters. The van der Waals surface area contributed by atoms with Crippen LogP contribution in [-0.4, -0.2) is 38.9 Å². The van der Waals surface area contributed by atoms with E-state index in [9.17, 15) is 4.79 Å². The summed E-state index contributed by atoms with van der Waals surface area (Å²) in [6.07, 6.45) is 2.17. The van der Waals surface area contributed by atoms with Gasteiger partial charge >= 0.3 is 5.97 Å². The average molecular weight is 201 g/mol. The lowest BCUT2D eigenvalue weighted by Gasteiger charge is -2.23. The fraction of sp³-hybridized carbons (Fsp3) is 0.900. The molecule has 1 rings (SSSR count). The predicted octanol–water partition coefficient (Wildman–Crippen LogP) is 0.564. The number of carbonyl (C=O) groups is 1. The Labute approximate surface area is 85.0 Å². The van der Waals surface area contributed by atoms with E-state index in [0.717, 1.165) is 32.6 Å². The highest BCUT2D eigenvalue weighted by Crippen LogP contribution is 2.13. The number of methoxy groups -OCH3 is 1. The Morgan fingerprint density at radius 1 is 1.57 bits per heavy atom. The van der Waals surface area contributed by atoms with Crippen LogP contribution in [0.5, 0.6) is 0 Å². The summed E-state index contributed by atoms with van der Waals surface area (Å²) in [5.41, 5.74) is 0. The van der Waals surface area contributed by atoms with Crippen molar-refractivity contribution in [2.24, 2.45) is 5.92 Å². The smallest absolute Gasteiger partial charge is 0.322 e. The molecule has 82 valence electrons. The molecule has 0 spiro atoms. The van der Waals surface area contributed by atoms with E-state index in [0.29, 0.717) is 5.92 Å². The first-order valence-corrected chi connectivity index (χ1v) is 5.13. The minimum absolute atomic E-state index is 0.197. The molecule has 0 saturated carbocycles. The Bertz CT molecular complexity index is 178. The molecular weight excluding hydrogens is 182 g/mol. The zero-order valence-corrected chi connectivity index (χ0v) is 8.91. The summed E-state index contributed by atoms with van der Waals surface area (Å²) in [6, 6.07) is -0.206. The van der Waals surface area contributed by atoms with Crippen LogP contribution < -0.4 is 5.32 Å². The quantitative estimate of drug-likeness (QED) is 0.675. The van der Waals surface area contributed by atoms with E-state index in [2.05, 4.69) is 10.1 Å². The monoisotopic (exact) mass is 201 g/mol. The Kier molecular flexibility index (Phi) is 4.90. The highest BCUT2D eigenvalue weighted by Gasteiger charge is 2.17. The number of ether oxygens (including phenoxy) is 2. The lowest BCUT2D eigenvalue weighted by Crippen LogP contribution is -2.39. The van der Waals surface area contributed by atoms with E-state index >= 15 is 0 Å². The van der Waals surface area contributed by atoms with Crippen LogP contribution >= 0.6 is 0 Å². The van der Waals surface area contributed by atoms with E-state index in [1.165, 1.54) is 7.11 Å². The molecule has 4 nitrogen and oxygen atoms in total. The number of esters is 1. The van der Waals surface area contributed by atoms with Gasteiger partial charge in [0.15, 0.2) is 0 Å². The van der Waals surface area contributed by atoms with Gasteiger partial charge in [-0.3, -0.25) is 4.79 Å². The van der Waals surface area contributed by atoms with Crippen LogP contribution in [0.1, 0.15) is 19.8 Å². The third kappa shape index (κ3) is 3.64. The summed E-state index contributed by atoms with van der Waals surface area (Å²) in [4.78, 5) is 11.1. The second-order valence-electron chi connectivity index (χ2n) is 3.71. The molecule has 0 radical (unpaired) electrons. The zero-order valence-electron chi connectivity index (χ0n) is 8.91. The summed E-state index contributed by atoms with van der Waals surface area (Å²) in [5.74, 6) is 0.438. The molecule has 0 aromatic carbocycles. The Morgan fingerprint density at radius 2 is 2.21 bits per heavy atom. The lowest BCUT2D eigenvalue weighted by atomic mass is 10.0. The fourth-order valence-corrected chi connectivity index (χ4v) is 1.55. The van der Waals surface area contributed by atoms with Crippen LogP contribution in [0.3, 0.4) is 0 Å². The van der Waals surface area contributed by atoms with Crippen LogP contribution in [0.15, 0.2) is 0 Å². The molecule has 0 amide bonds. The first-order chi connectivity index (χ1) is 6.74. The molecule has 1 saturated heterocycles. The van der Waals surface area contributed by atoms with Crippen LogP contribution in [0, 0.1) is 5.92 Å². The van der Waals surface area contributed by atoms with Crippen molar-refractivity contribution in [1.82, 2.24) is 5.32 Å². The van der Waals surface area contributed by atoms with Crippen molar-refractivity contribution < 1.29 is 14.3 Å². The molecule has 1 N–H and O–H groups in total. The standard InChI is InChI=1S/C10H19NO3/c1-8(10(12)13-2)11-7-9-3-5-14-6-4-9/h8-9,11H,3-7H2,1-2H3. The summed E-state index contributed by atoms with van der Waals surface area (Å²) in [7, 11) is 1.41. The first-order valence-electron chi connectivity index (χ1n) is 5.13. The number of rotatable bonds is 4. The predicted molar refractivity (Wildman–Crippen MR) is 53.0 cm³/mol. The molecule has 0 aromatic rings. The Morgan fingerprint density at radius 3 is 2.79 bits per heavy atom. The van der Waals surface area contributed by atoms with Gasteiger partial charge in [-0.05, 0) is 32.2 Å². The largest absolute Gasteiger partial charge is 0.468 e. The Hall–Kier alpha value is -0.610. The summed E-state index contributed by atoms with van der Waals surface area (Å²) >= 11 is 0. The van der Waals surface area contributed by atoms with E-state index in [1.54, 1.807) is 0 Å². The molecule has 1 aliphatic rings. The van der Waals surface area contributed by atoms with Crippen molar-refractivity contribution in [3.63, 3.8) is 0 Å². The molecule has 4 heteroatoms. The second-order valence-corrected chi connectivity index (χ2v) is 3.71. The highest BCUT2D eigenvalue weighted by molar-refractivity contribution is 5.75. The third-order valence-electron chi connectivity index (χ3n) is 2.61. The minimum Gasteiger partial charge on any atom is -0.468 e. The van der Waals surface area contributed by atoms with Gasteiger partial charge in [0.25, 0.3) is 0 Å². The SMILES string of the molecule is COC(=O)C(C)NCC1CCOCC1. The van der Waals surface area contributed by atoms with Gasteiger partial charge < -0.3 is 14.8 Å². The van der Waals surface area contributed by atoms with Gasteiger partial charge in [-0.25, -0.2) is 0 Å². The highest BCUT2D eigenvalue weighted by atomic mass is 16.5. The van der Waals surface area contributed by atoms with E-state index < -0.39 is 0 Å². The summed E-state index contributed by atoms with van der Waals surface area (Å²) < 4.78 is 9.88. The van der Waals surface area contributed by atoms with Gasteiger partial charge in [-0.1, -0.05) is 0 Å². The molecule has 1 heterocycles. The lowest BCUT2D eigenvalue weighted by molar-refractivity contribution is -0.142. The van der Waals surface area contributed by atoms with Crippen molar-refractivity contribution in [2.45, 2.75) is 25.8 Å². The molecule has 0 aliphatic carbocycles. The maximum Gasteiger partial charge on any atom is 0.322 e. The molecule has 1 aliphatic heterocycles. The number of nitrogens with one attached hydrogen (secondary N) is 1. The number of hydrogen-bond donors (Lipinski definition) is 1. The average Bonchev–Trinajstić information content (AvgIpc) is 2.26. The van der Waals surface area contributed by atoms with Crippen LogP contribution in [0.25, 0.3) is 0 Å². The van der Waals surface area contributed by atoms with Gasteiger partial charge in [-0.15, -0.1) is 0 Å². The van der Waals surface area contributed by atoms with Gasteiger partial charge in [0, 0.05) is 13.2 Å². The van der Waals surface area contributed by atoms with Crippen molar-refractivity contribution in [3.05, 3.63) is 0 Å². The van der Waals surface area contributed by atoms with E-state index in [-0.39, 0.29) is 12.0 Å². The second kappa shape index (κ2) is 5.98. The Balaban J connectivity index is 2.15. The van der Waals surface area contributed by atoms with Crippen LogP contribution in [0.4, 0.5) is 0 Å². The van der Waals surface area contributed by atoms with Crippen molar-refractivity contribution in [2.75, 3.05) is 26.9 Å². The summed E-state index contributed by atoms with van der Waals surface area (Å²) in [5, 5.41) is 3.17. The van der Waals surface area contributed by atoms with Crippen LogP contribution in [0.2, 0.25) is 0 Å². The number of carbonyl (C=O) groups excluding carboxylic acids is 1. The van der Waals surface area contributed by atoms with Crippen molar-refractivity contribution in [1.29, 1.82) is 0 Å². The maximum atomic E-state index is 11.1. The fourth-order valence-electron chi connectivity index (χ4n) is 1.55. The topological polar surface area (TPSA) is 47.6 Å². The van der Waals surface area contributed by atoms with Crippen molar-refractivity contribution in [3.8, 4) is 0 Å².